The minimum Gasteiger partial charge on any atom is -0.394 e. The maximum Gasteiger partial charge on any atom is 0.220 e. The van der Waals surface area contributed by atoms with Crippen molar-refractivity contribution in [2.45, 2.75) is 465 Å². The zero-order chi connectivity index (χ0) is 78.8. The number of hydrogen-bond donors (Lipinski definition) is 12. The van der Waals surface area contributed by atoms with Gasteiger partial charge >= 0.3 is 0 Å². The first-order valence-electron chi connectivity index (χ1n) is 44.7. The SMILES string of the molecule is CC/C=C\C/C=C\C/C=C\C/C=C\C/C=C\CCCCCCCCCCCCCCCCCC(=O)NC(COC1OC(CO)C(OC2OC(CO)C(OC3OC(CO)C(O)C(O)C3O)C(O)C2O)C(O)C1O)C(O)/C=C/CCCCCCCCCCCCCCCCCCCCCCCCCCCCCCCCC. The predicted octanol–water partition coefficient (Wildman–Crippen LogP) is 16.7. The van der Waals surface area contributed by atoms with Gasteiger partial charge < -0.3 is 89.9 Å². The number of carbonyl (C=O) groups is 1. The van der Waals surface area contributed by atoms with Crippen molar-refractivity contribution in [3.8, 4) is 0 Å². The Morgan fingerprint density at radius 2 is 0.633 bits per heavy atom. The standard InChI is InChI=1S/C90H163NO18/c1-3-5-7-9-11-13-15-17-19-21-23-25-27-29-31-33-35-36-38-39-41-43-45-47-49-51-53-55-57-59-61-63-65-67-74(95)73(91-78(96)68-66-64-62-60-58-56-54-52-50-48-46-44-42-40-37-34-32-30-28-26-24-22-20-18-16-14-12-10-8-6-4-2)72-104-88-84(102)81(99)86(76(70-93)106-88)109-90-85(103)82(100)87(77(71-94)107-90)108-89-83(101)80(98)79(97)75(69-92)105-89/h6,8,12,14,18,20,24,26,30,32,65,67,73-77,79-90,92-95,97-103H,3-5,7,9-11,13,15-17,19,21-23,25,27-29,31,33-64,66,68-72H2,1-2H3,(H,91,96)/b8-6-,14-12-,20-18-,26-24-,32-30-,67-65+. The van der Waals surface area contributed by atoms with Crippen LogP contribution < -0.4 is 5.32 Å². The monoisotopic (exact) mass is 1550 g/mol. The van der Waals surface area contributed by atoms with Crippen molar-refractivity contribution in [3.05, 3.63) is 72.9 Å². The molecule has 3 rings (SSSR count). The van der Waals surface area contributed by atoms with E-state index in [9.17, 15) is 61.0 Å². The molecule has 17 unspecified atom stereocenters. The van der Waals surface area contributed by atoms with Crippen molar-refractivity contribution in [3.63, 3.8) is 0 Å². The molecule has 0 aromatic heterocycles. The van der Waals surface area contributed by atoms with Crippen LogP contribution >= 0.6 is 0 Å². The lowest BCUT2D eigenvalue weighted by atomic mass is 9.96. The lowest BCUT2D eigenvalue weighted by molar-refractivity contribution is -0.379. The maximum atomic E-state index is 13.5. The normalized spacial score (nSPS) is 25.6. The van der Waals surface area contributed by atoms with E-state index in [1.165, 1.54) is 257 Å². The first-order valence-corrected chi connectivity index (χ1v) is 44.7. The minimum absolute atomic E-state index is 0.241. The van der Waals surface area contributed by atoms with Crippen molar-refractivity contribution in [2.24, 2.45) is 0 Å². The van der Waals surface area contributed by atoms with Crippen LogP contribution in [0.2, 0.25) is 0 Å². The van der Waals surface area contributed by atoms with Gasteiger partial charge in [-0.15, -0.1) is 0 Å². The molecule has 3 aliphatic heterocycles. The molecule has 0 bridgehead atoms. The van der Waals surface area contributed by atoms with Gasteiger partial charge in [0.05, 0.1) is 38.6 Å². The lowest BCUT2D eigenvalue weighted by Gasteiger charge is -2.48. The van der Waals surface area contributed by atoms with Crippen molar-refractivity contribution in [1.82, 2.24) is 5.32 Å². The smallest absolute Gasteiger partial charge is 0.220 e. The Hall–Kier alpha value is -2.77. The second-order valence-corrected chi connectivity index (χ2v) is 31.7. The highest BCUT2D eigenvalue weighted by Crippen LogP contribution is 2.34. The van der Waals surface area contributed by atoms with Gasteiger partial charge in [-0.3, -0.25) is 4.79 Å². The molecule has 3 aliphatic rings. The second kappa shape index (κ2) is 69.5. The molecule has 109 heavy (non-hydrogen) atoms. The van der Waals surface area contributed by atoms with Crippen molar-refractivity contribution >= 4 is 5.91 Å². The van der Waals surface area contributed by atoms with Crippen LogP contribution in [0.25, 0.3) is 0 Å². The number of aliphatic hydroxyl groups excluding tert-OH is 11. The van der Waals surface area contributed by atoms with E-state index in [1.807, 2.05) is 6.08 Å². The molecular formula is C90H163NO18. The number of carbonyl (C=O) groups excluding carboxylic acids is 1. The number of hydrogen-bond acceptors (Lipinski definition) is 18. The minimum atomic E-state index is -1.98. The van der Waals surface area contributed by atoms with E-state index in [2.05, 4.69) is 79.9 Å². The van der Waals surface area contributed by atoms with Gasteiger partial charge in [0, 0.05) is 6.42 Å². The van der Waals surface area contributed by atoms with Gasteiger partial charge in [0.15, 0.2) is 18.9 Å². The van der Waals surface area contributed by atoms with Crippen LogP contribution in [0, 0.1) is 0 Å². The molecule has 0 aliphatic carbocycles. The molecule has 0 spiro atoms. The highest BCUT2D eigenvalue weighted by Gasteiger charge is 2.54. The third kappa shape index (κ3) is 48.4. The molecule has 0 saturated carbocycles. The van der Waals surface area contributed by atoms with Crippen molar-refractivity contribution < 1.29 is 89.4 Å². The molecular weight excluding hydrogens is 1380 g/mol. The molecule has 3 heterocycles. The lowest BCUT2D eigenvalue weighted by Crippen LogP contribution is -2.66. The van der Waals surface area contributed by atoms with E-state index in [0.717, 1.165) is 77.0 Å². The fraction of sp³-hybridized carbons (Fsp3) is 0.856. The van der Waals surface area contributed by atoms with Crippen molar-refractivity contribution in [2.75, 3.05) is 26.4 Å². The molecule has 12 N–H and O–H groups in total. The summed E-state index contributed by atoms with van der Waals surface area (Å²) >= 11 is 0. The Morgan fingerprint density at radius 3 is 0.991 bits per heavy atom. The average Bonchev–Trinajstić information content (AvgIpc) is 0.782. The molecule has 3 fully saturated rings. The highest BCUT2D eigenvalue weighted by atomic mass is 16.8. The Bertz CT molecular complexity index is 2250. The molecule has 19 heteroatoms. The van der Waals surface area contributed by atoms with E-state index in [-0.39, 0.29) is 18.9 Å². The van der Waals surface area contributed by atoms with Gasteiger partial charge in [-0.2, -0.15) is 0 Å². The van der Waals surface area contributed by atoms with E-state index in [4.69, 9.17) is 28.4 Å². The fourth-order valence-corrected chi connectivity index (χ4v) is 14.9. The topological polar surface area (TPSA) is 307 Å². The van der Waals surface area contributed by atoms with E-state index < -0.39 is 124 Å². The highest BCUT2D eigenvalue weighted by molar-refractivity contribution is 5.76. The zero-order valence-corrected chi connectivity index (χ0v) is 68.5. The second-order valence-electron chi connectivity index (χ2n) is 31.7. The number of ether oxygens (including phenoxy) is 6. The Kier molecular flexibility index (Phi) is 64.1. The molecule has 0 aromatic rings. The quantitative estimate of drug-likeness (QED) is 0.0199. The summed E-state index contributed by atoms with van der Waals surface area (Å²) in [6.45, 7) is 1.67. The third-order valence-electron chi connectivity index (χ3n) is 22.0. The third-order valence-corrected chi connectivity index (χ3v) is 22.0. The summed E-state index contributed by atoms with van der Waals surface area (Å²) in [5.41, 5.74) is 0. The molecule has 17 atom stereocenters. The van der Waals surface area contributed by atoms with E-state index in [0.29, 0.717) is 6.42 Å². The summed E-state index contributed by atoms with van der Waals surface area (Å²) in [4.78, 5) is 13.5. The Balaban J connectivity index is 1.34. The van der Waals surface area contributed by atoms with Gasteiger partial charge in [0.25, 0.3) is 0 Å². The van der Waals surface area contributed by atoms with E-state index >= 15 is 0 Å². The summed E-state index contributed by atoms with van der Waals surface area (Å²) in [5.74, 6) is -0.273. The van der Waals surface area contributed by atoms with Crippen molar-refractivity contribution in [1.29, 1.82) is 0 Å². The Morgan fingerprint density at radius 1 is 0.339 bits per heavy atom. The van der Waals surface area contributed by atoms with Crippen LogP contribution in [-0.2, 0) is 33.2 Å². The largest absolute Gasteiger partial charge is 0.394 e. The number of nitrogens with one attached hydrogen (secondary N) is 1. The van der Waals surface area contributed by atoms with Crippen LogP contribution in [0.4, 0.5) is 0 Å². The van der Waals surface area contributed by atoms with Gasteiger partial charge in [-0.1, -0.05) is 363 Å². The van der Waals surface area contributed by atoms with Crippen LogP contribution in [0.15, 0.2) is 72.9 Å². The summed E-state index contributed by atoms with van der Waals surface area (Å²) in [7, 11) is 0. The summed E-state index contributed by atoms with van der Waals surface area (Å²) in [6.07, 6.45) is 66.2. The van der Waals surface area contributed by atoms with Crippen LogP contribution in [0.5, 0.6) is 0 Å². The number of rotatable bonds is 72. The first kappa shape index (κ1) is 100. The van der Waals surface area contributed by atoms with Gasteiger partial charge in [-0.25, -0.2) is 0 Å². The molecule has 0 aromatic carbocycles. The fourth-order valence-electron chi connectivity index (χ4n) is 14.9. The van der Waals surface area contributed by atoms with Gasteiger partial charge in [0.1, 0.15) is 73.2 Å². The van der Waals surface area contributed by atoms with Gasteiger partial charge in [0.2, 0.25) is 5.91 Å². The summed E-state index contributed by atoms with van der Waals surface area (Å²) < 4.78 is 34.5. The molecule has 636 valence electrons. The van der Waals surface area contributed by atoms with E-state index in [1.54, 1.807) is 6.08 Å². The number of unbranched alkanes of at least 4 members (excludes halogenated alkanes) is 46. The van der Waals surface area contributed by atoms with Crippen LogP contribution in [0.1, 0.15) is 361 Å². The maximum absolute atomic E-state index is 13.5. The zero-order valence-electron chi connectivity index (χ0n) is 68.5. The van der Waals surface area contributed by atoms with Gasteiger partial charge in [-0.05, 0) is 64.2 Å². The first-order chi connectivity index (χ1) is 53.3. The predicted molar refractivity (Wildman–Crippen MR) is 438 cm³/mol. The Labute approximate surface area is 661 Å². The molecule has 3 saturated heterocycles. The average molecular weight is 1550 g/mol. The molecule has 0 radical (unpaired) electrons. The molecule has 1 amide bonds. The number of amides is 1. The molecule has 19 nitrogen and oxygen atoms in total. The number of aliphatic hydroxyl groups is 11. The number of allylic oxidation sites excluding steroid dienone is 11. The summed E-state index contributed by atoms with van der Waals surface area (Å²) in [6, 6.07) is -0.979. The van der Waals surface area contributed by atoms with Crippen LogP contribution in [0.3, 0.4) is 0 Å². The van der Waals surface area contributed by atoms with Crippen LogP contribution in [-0.4, -0.2) is 193 Å². The summed E-state index contributed by atoms with van der Waals surface area (Å²) in [5, 5.41) is 121.